The molecule has 10 nitrogen and oxygen atoms in total. The van der Waals surface area contributed by atoms with Gasteiger partial charge < -0.3 is 20.1 Å². The fourth-order valence-electron chi connectivity index (χ4n) is 4.78. The minimum absolute atomic E-state index is 0.249. The fourth-order valence-corrected chi connectivity index (χ4v) is 4.78. The minimum Gasteiger partial charge on any atom is -0.490 e. The molecule has 202 valence electrons. The van der Waals surface area contributed by atoms with Crippen LogP contribution in [0.4, 0.5) is 23.0 Å². The van der Waals surface area contributed by atoms with Crippen LogP contribution in [0.5, 0.6) is 5.75 Å². The third kappa shape index (κ3) is 4.58. The molecule has 0 fully saturated rings. The molecule has 1 aliphatic rings. The minimum atomic E-state index is -1.15. The maximum Gasteiger partial charge on any atom is 0.278 e. The third-order valence-electron chi connectivity index (χ3n) is 6.72. The highest BCUT2D eigenvalue weighted by Crippen LogP contribution is 2.36. The van der Waals surface area contributed by atoms with E-state index in [9.17, 15) is 9.90 Å². The van der Waals surface area contributed by atoms with Gasteiger partial charge >= 0.3 is 0 Å². The molecule has 3 aromatic heterocycles. The number of anilines is 4. The monoisotopic (exact) mass is 535 g/mol. The highest BCUT2D eigenvalue weighted by molar-refractivity contribution is 5.77. The maximum absolute atomic E-state index is 13.2. The number of allylic oxidation sites excluding steroid dienone is 1. The molecule has 0 bridgehead atoms. The third-order valence-corrected chi connectivity index (χ3v) is 6.72. The average Bonchev–Trinajstić information content (AvgIpc) is 3.23. The Hall–Kier alpha value is -4.96. The number of aromatic nitrogens is 5. The molecular formula is C30H29N7O3. The Labute approximate surface area is 230 Å². The number of ether oxygens (including phenoxy) is 1. The molecule has 0 atom stereocenters. The van der Waals surface area contributed by atoms with Crippen molar-refractivity contribution < 1.29 is 9.84 Å². The summed E-state index contributed by atoms with van der Waals surface area (Å²) in [6.45, 7) is 8.74. The van der Waals surface area contributed by atoms with Gasteiger partial charge in [-0.1, -0.05) is 24.3 Å². The Balaban J connectivity index is 1.35. The Kier molecular flexibility index (Phi) is 6.31. The number of benzene rings is 2. The van der Waals surface area contributed by atoms with Gasteiger partial charge in [-0.2, -0.15) is 4.98 Å². The molecule has 5 aromatic rings. The summed E-state index contributed by atoms with van der Waals surface area (Å²) in [6, 6.07) is 21.3. The lowest BCUT2D eigenvalue weighted by Gasteiger charge is -2.31. The predicted molar refractivity (Wildman–Crippen MR) is 155 cm³/mol. The Morgan fingerprint density at radius 3 is 2.65 bits per heavy atom. The first kappa shape index (κ1) is 25.3. The quantitative estimate of drug-likeness (QED) is 0.290. The molecular weight excluding hydrogens is 506 g/mol. The summed E-state index contributed by atoms with van der Waals surface area (Å²) in [4.78, 5) is 29.2. The first-order chi connectivity index (χ1) is 19.3. The molecule has 0 radical (unpaired) electrons. The van der Waals surface area contributed by atoms with E-state index in [0.717, 1.165) is 29.4 Å². The second-order valence-corrected chi connectivity index (χ2v) is 10.00. The molecule has 1 aliphatic heterocycles. The van der Waals surface area contributed by atoms with E-state index < -0.39 is 5.60 Å². The molecule has 2 aromatic carbocycles. The number of para-hydroxylation sites is 2. The van der Waals surface area contributed by atoms with Gasteiger partial charge in [0.05, 0.1) is 24.5 Å². The van der Waals surface area contributed by atoms with Gasteiger partial charge in [0, 0.05) is 17.6 Å². The highest BCUT2D eigenvalue weighted by atomic mass is 16.5. The van der Waals surface area contributed by atoms with Gasteiger partial charge in [0.1, 0.15) is 23.3 Å². The molecule has 10 heteroatoms. The first-order valence-electron chi connectivity index (χ1n) is 13.0. The lowest BCUT2D eigenvalue weighted by Crippen LogP contribution is -2.28. The van der Waals surface area contributed by atoms with Crippen molar-refractivity contribution in [3.8, 4) is 11.6 Å². The number of rotatable bonds is 7. The van der Waals surface area contributed by atoms with Crippen LogP contribution >= 0.6 is 0 Å². The Bertz CT molecular complexity index is 1770. The van der Waals surface area contributed by atoms with Crippen LogP contribution in [-0.4, -0.2) is 42.6 Å². The molecule has 0 saturated heterocycles. The second-order valence-electron chi connectivity index (χ2n) is 10.00. The van der Waals surface area contributed by atoms with E-state index in [1.54, 1.807) is 42.8 Å². The smallest absolute Gasteiger partial charge is 0.278 e. The van der Waals surface area contributed by atoms with Crippen LogP contribution < -0.4 is 20.5 Å². The summed E-state index contributed by atoms with van der Waals surface area (Å²) < 4.78 is 8.93. The number of fused-ring (bicyclic) bond motifs is 2. The van der Waals surface area contributed by atoms with Crippen molar-refractivity contribution in [2.75, 3.05) is 23.4 Å². The van der Waals surface area contributed by atoms with Crippen molar-refractivity contribution in [1.82, 2.24) is 24.3 Å². The second kappa shape index (κ2) is 9.97. The average molecular weight is 536 g/mol. The summed E-state index contributed by atoms with van der Waals surface area (Å²) >= 11 is 0. The zero-order valence-electron chi connectivity index (χ0n) is 22.3. The lowest BCUT2D eigenvalue weighted by atomic mass is 10.1. The lowest BCUT2D eigenvalue weighted by molar-refractivity contribution is 0.0738. The summed E-state index contributed by atoms with van der Waals surface area (Å²) in [5, 5.41) is 14.1. The molecule has 0 unspecified atom stereocenters. The van der Waals surface area contributed by atoms with Crippen molar-refractivity contribution in [3.63, 3.8) is 0 Å². The Morgan fingerprint density at radius 2 is 1.88 bits per heavy atom. The molecule has 0 saturated carbocycles. The summed E-state index contributed by atoms with van der Waals surface area (Å²) in [5.41, 5.74) is 2.34. The van der Waals surface area contributed by atoms with Gasteiger partial charge in [-0.25, -0.2) is 19.3 Å². The van der Waals surface area contributed by atoms with E-state index in [-0.39, 0.29) is 12.1 Å². The van der Waals surface area contributed by atoms with E-state index in [4.69, 9.17) is 9.72 Å². The van der Waals surface area contributed by atoms with Gasteiger partial charge in [0.2, 0.25) is 5.95 Å². The molecule has 6 rings (SSSR count). The first-order valence-corrected chi connectivity index (χ1v) is 13.0. The van der Waals surface area contributed by atoms with E-state index >= 15 is 0 Å². The predicted octanol–water partition coefficient (Wildman–Crippen LogP) is 4.66. The molecule has 0 spiro atoms. The van der Waals surface area contributed by atoms with Gasteiger partial charge in [-0.05, 0) is 62.4 Å². The van der Waals surface area contributed by atoms with E-state index in [1.807, 2.05) is 48.5 Å². The van der Waals surface area contributed by atoms with Crippen LogP contribution in [0.1, 0.15) is 19.5 Å². The number of hydrogen-bond acceptors (Lipinski definition) is 8. The van der Waals surface area contributed by atoms with Crippen LogP contribution in [0.25, 0.3) is 16.9 Å². The van der Waals surface area contributed by atoms with Crippen molar-refractivity contribution in [1.29, 1.82) is 0 Å². The van der Waals surface area contributed by atoms with E-state index in [2.05, 4.69) is 26.8 Å². The normalized spacial score (nSPS) is 13.1. The van der Waals surface area contributed by atoms with Crippen molar-refractivity contribution in [2.45, 2.75) is 26.0 Å². The van der Waals surface area contributed by atoms with Crippen molar-refractivity contribution in [3.05, 3.63) is 102 Å². The largest absolute Gasteiger partial charge is 0.490 e. The topological polar surface area (TPSA) is 110 Å². The zero-order valence-corrected chi connectivity index (χ0v) is 22.3. The van der Waals surface area contributed by atoms with Crippen LogP contribution in [0, 0.1) is 0 Å². The molecule has 4 heterocycles. The summed E-state index contributed by atoms with van der Waals surface area (Å²) in [5.74, 6) is 1.66. The van der Waals surface area contributed by atoms with Gasteiger partial charge in [0.15, 0.2) is 11.5 Å². The van der Waals surface area contributed by atoms with Gasteiger partial charge in [0.25, 0.3) is 5.56 Å². The number of aliphatic hydroxyl groups is 1. The van der Waals surface area contributed by atoms with Gasteiger partial charge in [-0.15, -0.1) is 6.58 Å². The number of pyridine rings is 1. The number of hydrogen-bond donors (Lipinski definition) is 2. The standard InChI is InChI=1S/C30H29N7O3/c1-4-16-36-28(38)22-19-31-29(34-27(22)37(36)26-11-7-10-25(33-26)30(2,3)39)32-20-12-14-21(15-13-20)35-17-18-40-24-9-6-5-8-23(24)35/h4-15,19,39H,1,16-18H2,2-3H3,(H,31,32,34). The fraction of sp³-hybridized carbons (Fsp3) is 0.200. The highest BCUT2D eigenvalue weighted by Gasteiger charge is 2.22. The number of nitrogens with one attached hydrogen (secondary N) is 1. The van der Waals surface area contributed by atoms with Crippen LogP contribution in [0.15, 0.2) is 90.4 Å². The molecule has 0 amide bonds. The van der Waals surface area contributed by atoms with Crippen molar-refractivity contribution in [2.24, 2.45) is 0 Å². The van der Waals surface area contributed by atoms with E-state index in [0.29, 0.717) is 35.1 Å². The number of nitrogens with zero attached hydrogens (tertiary/aromatic N) is 6. The summed E-state index contributed by atoms with van der Waals surface area (Å²) in [6.07, 6.45) is 3.15. The Morgan fingerprint density at radius 1 is 1.07 bits per heavy atom. The SMILES string of the molecule is C=CCn1c(=O)c2cnc(Nc3ccc(N4CCOc5ccccc54)cc3)nc2n1-c1cccc(C(C)(C)O)n1. The van der Waals surface area contributed by atoms with Crippen LogP contribution in [0.2, 0.25) is 0 Å². The molecule has 0 aliphatic carbocycles. The molecule has 2 N–H and O–H groups in total. The van der Waals surface area contributed by atoms with Crippen molar-refractivity contribution >= 4 is 34.0 Å². The molecule has 40 heavy (non-hydrogen) atoms. The van der Waals surface area contributed by atoms with Gasteiger partial charge in [-0.3, -0.25) is 4.79 Å². The summed E-state index contributed by atoms with van der Waals surface area (Å²) in [7, 11) is 0. The van der Waals surface area contributed by atoms with E-state index in [1.165, 1.54) is 10.9 Å². The van der Waals surface area contributed by atoms with Crippen LogP contribution in [0.3, 0.4) is 0 Å². The van der Waals surface area contributed by atoms with Crippen LogP contribution in [-0.2, 0) is 12.1 Å². The maximum atomic E-state index is 13.2. The zero-order chi connectivity index (χ0) is 27.9.